The van der Waals surface area contributed by atoms with Gasteiger partial charge in [0.25, 0.3) is 0 Å². The van der Waals surface area contributed by atoms with E-state index in [1.165, 1.54) is 4.90 Å². The number of carbonyl (C=O) groups excluding carboxylic acids is 1. The van der Waals surface area contributed by atoms with Gasteiger partial charge >= 0.3 is 6.09 Å². The van der Waals surface area contributed by atoms with Crippen molar-refractivity contribution < 1.29 is 18.3 Å². The van der Waals surface area contributed by atoms with Crippen molar-refractivity contribution in [3.8, 4) is 0 Å². The summed E-state index contributed by atoms with van der Waals surface area (Å²) in [5.41, 5.74) is 2.68. The molecular weight excluding hydrogens is 418 g/mol. The highest BCUT2D eigenvalue weighted by molar-refractivity contribution is 9.10. The number of nitrogens with one attached hydrogen (secondary N) is 1. The number of carbonyl (C=O) groups is 1. The standard InChI is InChI=1S/C20H17BrF2N2O2/c1-2-27-20(26)25-8-7-13-14-9-11(21)3-6-17(14)24-18(13)19(25)15-10-12(22)4-5-16(15)23/h3-6,9-10,19,24H,2,7-8H2,1H3. The Morgan fingerprint density at radius 3 is 2.89 bits per heavy atom. The zero-order chi connectivity index (χ0) is 19.1. The third kappa shape index (κ3) is 3.10. The summed E-state index contributed by atoms with van der Waals surface area (Å²) in [7, 11) is 0. The average Bonchev–Trinajstić information content (AvgIpc) is 3.01. The lowest BCUT2D eigenvalue weighted by atomic mass is 9.92. The highest BCUT2D eigenvalue weighted by Crippen LogP contribution is 2.40. The molecule has 0 radical (unpaired) electrons. The van der Waals surface area contributed by atoms with E-state index < -0.39 is 23.8 Å². The summed E-state index contributed by atoms with van der Waals surface area (Å²) in [6.07, 6.45) is 0.0505. The summed E-state index contributed by atoms with van der Waals surface area (Å²) >= 11 is 3.47. The number of H-pyrrole nitrogens is 1. The van der Waals surface area contributed by atoms with Crippen LogP contribution in [0.15, 0.2) is 40.9 Å². The lowest BCUT2D eigenvalue weighted by Gasteiger charge is -2.35. The number of aromatic nitrogens is 1. The van der Waals surface area contributed by atoms with Crippen LogP contribution in [0.25, 0.3) is 10.9 Å². The molecule has 2 aromatic carbocycles. The molecule has 1 amide bonds. The van der Waals surface area contributed by atoms with Crippen molar-refractivity contribution in [2.75, 3.05) is 13.2 Å². The van der Waals surface area contributed by atoms with Gasteiger partial charge in [0.2, 0.25) is 0 Å². The molecule has 0 saturated heterocycles. The molecule has 1 aromatic heterocycles. The van der Waals surface area contributed by atoms with Crippen LogP contribution in [0.5, 0.6) is 0 Å². The minimum absolute atomic E-state index is 0.106. The van der Waals surface area contributed by atoms with Gasteiger partial charge in [-0.3, -0.25) is 4.90 Å². The number of hydrogen-bond donors (Lipinski definition) is 1. The van der Waals surface area contributed by atoms with E-state index >= 15 is 0 Å². The van der Waals surface area contributed by atoms with Crippen molar-refractivity contribution in [3.05, 3.63) is 69.3 Å². The Balaban J connectivity index is 1.93. The maximum Gasteiger partial charge on any atom is 0.410 e. The lowest BCUT2D eigenvalue weighted by Crippen LogP contribution is -2.41. The molecule has 27 heavy (non-hydrogen) atoms. The van der Waals surface area contributed by atoms with Crippen LogP contribution in [0.2, 0.25) is 0 Å². The number of aromatic amines is 1. The van der Waals surface area contributed by atoms with Gasteiger partial charge in [0.05, 0.1) is 6.61 Å². The van der Waals surface area contributed by atoms with Crippen LogP contribution < -0.4 is 0 Å². The first kappa shape index (κ1) is 18.0. The molecule has 4 nitrogen and oxygen atoms in total. The Bertz CT molecular complexity index is 1030. The maximum absolute atomic E-state index is 14.6. The predicted molar refractivity (Wildman–Crippen MR) is 102 cm³/mol. The predicted octanol–water partition coefficient (Wildman–Crippen LogP) is 5.31. The fourth-order valence-electron chi connectivity index (χ4n) is 3.71. The summed E-state index contributed by atoms with van der Waals surface area (Å²) in [6.45, 7) is 2.28. The second-order valence-corrected chi connectivity index (χ2v) is 7.33. The Hall–Kier alpha value is -2.41. The summed E-state index contributed by atoms with van der Waals surface area (Å²) in [4.78, 5) is 17.3. The third-order valence-electron chi connectivity index (χ3n) is 4.84. The molecule has 140 valence electrons. The molecule has 4 rings (SSSR count). The molecule has 1 atom stereocenters. The molecule has 0 saturated carbocycles. The van der Waals surface area contributed by atoms with Gasteiger partial charge < -0.3 is 9.72 Å². The Morgan fingerprint density at radius 2 is 2.11 bits per heavy atom. The van der Waals surface area contributed by atoms with Gasteiger partial charge in [0, 0.05) is 33.2 Å². The number of halogens is 3. The molecule has 1 aliphatic rings. The first-order valence-electron chi connectivity index (χ1n) is 8.68. The second kappa shape index (κ2) is 6.96. The average molecular weight is 435 g/mol. The summed E-state index contributed by atoms with van der Waals surface area (Å²) in [6, 6.07) is 8.33. The molecule has 0 fully saturated rings. The molecular formula is C20H17BrF2N2O2. The normalized spacial score (nSPS) is 16.4. The van der Waals surface area contributed by atoms with E-state index in [1.807, 2.05) is 18.2 Å². The van der Waals surface area contributed by atoms with E-state index in [1.54, 1.807) is 6.92 Å². The van der Waals surface area contributed by atoms with Gasteiger partial charge in [-0.25, -0.2) is 13.6 Å². The van der Waals surface area contributed by atoms with Crippen LogP contribution in [0.3, 0.4) is 0 Å². The number of benzene rings is 2. The van der Waals surface area contributed by atoms with Crippen LogP contribution in [0.4, 0.5) is 13.6 Å². The van der Waals surface area contributed by atoms with Crippen LogP contribution in [0.1, 0.15) is 29.8 Å². The number of ether oxygens (including phenoxy) is 1. The Labute approximate surface area is 163 Å². The fourth-order valence-corrected chi connectivity index (χ4v) is 4.07. The third-order valence-corrected chi connectivity index (χ3v) is 5.34. The van der Waals surface area contributed by atoms with E-state index in [2.05, 4.69) is 20.9 Å². The first-order chi connectivity index (χ1) is 13.0. The minimum atomic E-state index is -0.783. The smallest absolute Gasteiger partial charge is 0.410 e. The Morgan fingerprint density at radius 1 is 1.30 bits per heavy atom. The summed E-state index contributed by atoms with van der Waals surface area (Å²) < 4.78 is 34.6. The number of amides is 1. The van der Waals surface area contributed by atoms with E-state index in [-0.39, 0.29) is 12.2 Å². The highest BCUT2D eigenvalue weighted by atomic mass is 79.9. The van der Waals surface area contributed by atoms with Gasteiger partial charge in [-0.1, -0.05) is 15.9 Å². The number of rotatable bonds is 2. The van der Waals surface area contributed by atoms with Crippen molar-refractivity contribution >= 4 is 32.9 Å². The van der Waals surface area contributed by atoms with Gasteiger partial charge in [-0.05, 0) is 55.3 Å². The zero-order valence-electron chi connectivity index (χ0n) is 14.6. The van der Waals surface area contributed by atoms with Gasteiger partial charge in [-0.2, -0.15) is 0 Å². The fraction of sp³-hybridized carbons (Fsp3) is 0.250. The SMILES string of the molecule is CCOC(=O)N1CCc2c([nH]c3ccc(Br)cc23)C1c1cc(F)ccc1F. The molecule has 7 heteroatoms. The topological polar surface area (TPSA) is 45.3 Å². The quantitative estimate of drug-likeness (QED) is 0.593. The molecule has 0 bridgehead atoms. The van der Waals surface area contributed by atoms with Crippen molar-refractivity contribution in [1.29, 1.82) is 0 Å². The molecule has 0 aliphatic carbocycles. The van der Waals surface area contributed by atoms with Crippen LogP contribution >= 0.6 is 15.9 Å². The molecule has 0 spiro atoms. The van der Waals surface area contributed by atoms with Crippen LogP contribution in [-0.2, 0) is 11.2 Å². The monoisotopic (exact) mass is 434 g/mol. The van der Waals surface area contributed by atoms with Crippen molar-refractivity contribution in [2.24, 2.45) is 0 Å². The van der Waals surface area contributed by atoms with Crippen molar-refractivity contribution in [2.45, 2.75) is 19.4 Å². The van der Waals surface area contributed by atoms with E-state index in [4.69, 9.17) is 4.74 Å². The van der Waals surface area contributed by atoms with Crippen molar-refractivity contribution in [1.82, 2.24) is 9.88 Å². The molecule has 1 unspecified atom stereocenters. The van der Waals surface area contributed by atoms with E-state index in [0.29, 0.717) is 18.7 Å². The first-order valence-corrected chi connectivity index (χ1v) is 9.47. The molecule has 1 aliphatic heterocycles. The molecule has 3 aromatic rings. The molecule has 1 N–H and O–H groups in total. The van der Waals surface area contributed by atoms with Gasteiger partial charge in [-0.15, -0.1) is 0 Å². The van der Waals surface area contributed by atoms with E-state index in [0.717, 1.165) is 39.1 Å². The van der Waals surface area contributed by atoms with Crippen molar-refractivity contribution in [3.63, 3.8) is 0 Å². The van der Waals surface area contributed by atoms with E-state index in [9.17, 15) is 13.6 Å². The second-order valence-electron chi connectivity index (χ2n) is 6.42. The van der Waals surface area contributed by atoms with Gasteiger partial charge in [0.1, 0.15) is 17.7 Å². The number of fused-ring (bicyclic) bond motifs is 3. The summed E-state index contributed by atoms with van der Waals surface area (Å²) in [5.74, 6) is -1.12. The lowest BCUT2D eigenvalue weighted by molar-refractivity contribution is 0.0925. The molecule has 2 heterocycles. The highest BCUT2D eigenvalue weighted by Gasteiger charge is 2.37. The summed E-state index contributed by atoms with van der Waals surface area (Å²) in [5, 5.41) is 1.00. The maximum atomic E-state index is 14.6. The van der Waals surface area contributed by atoms with Crippen LogP contribution in [0, 0.1) is 11.6 Å². The van der Waals surface area contributed by atoms with Crippen LogP contribution in [-0.4, -0.2) is 29.1 Å². The zero-order valence-corrected chi connectivity index (χ0v) is 16.1. The Kier molecular flexibility index (Phi) is 4.63. The number of hydrogen-bond acceptors (Lipinski definition) is 2. The number of nitrogens with zero attached hydrogens (tertiary/aromatic N) is 1. The largest absolute Gasteiger partial charge is 0.450 e. The van der Waals surface area contributed by atoms with Gasteiger partial charge in [0.15, 0.2) is 0 Å². The minimum Gasteiger partial charge on any atom is -0.450 e.